The van der Waals surface area contributed by atoms with E-state index in [0.29, 0.717) is 28.9 Å². The van der Waals surface area contributed by atoms with Gasteiger partial charge in [-0.05, 0) is 50.7 Å². The van der Waals surface area contributed by atoms with Gasteiger partial charge in [0.1, 0.15) is 5.00 Å². The second-order valence-electron chi connectivity index (χ2n) is 7.99. The van der Waals surface area contributed by atoms with Crippen LogP contribution in [0.25, 0.3) is 11.4 Å². The average Bonchev–Trinajstić information content (AvgIpc) is 3.39. The Morgan fingerprint density at radius 2 is 2.06 bits per heavy atom. The summed E-state index contributed by atoms with van der Waals surface area (Å²) < 4.78 is 7.24. The van der Waals surface area contributed by atoms with Gasteiger partial charge in [-0.15, -0.1) is 28.1 Å². The first kappa shape index (κ1) is 24.2. The van der Waals surface area contributed by atoms with Gasteiger partial charge in [-0.1, -0.05) is 42.1 Å². The number of thioether (sulfide) groups is 1. The Bertz CT molecular complexity index is 1210. The molecule has 1 aromatic carbocycles. The van der Waals surface area contributed by atoms with Crippen molar-refractivity contribution in [3.63, 3.8) is 0 Å². The van der Waals surface area contributed by atoms with E-state index in [1.165, 1.54) is 28.0 Å². The number of anilines is 1. The summed E-state index contributed by atoms with van der Waals surface area (Å²) in [4.78, 5) is 26.7. The predicted molar refractivity (Wildman–Crippen MR) is 137 cm³/mol. The van der Waals surface area contributed by atoms with Crippen LogP contribution >= 0.6 is 23.1 Å². The third-order valence-electron chi connectivity index (χ3n) is 5.65. The van der Waals surface area contributed by atoms with Gasteiger partial charge in [0.2, 0.25) is 5.91 Å². The molecule has 9 heteroatoms. The highest BCUT2D eigenvalue weighted by Gasteiger charge is 2.27. The van der Waals surface area contributed by atoms with Crippen LogP contribution in [0, 0.1) is 6.92 Å². The van der Waals surface area contributed by atoms with Crippen molar-refractivity contribution in [2.75, 3.05) is 17.7 Å². The lowest BCUT2D eigenvalue weighted by Gasteiger charge is -2.12. The molecule has 0 radical (unpaired) electrons. The fourth-order valence-corrected chi connectivity index (χ4v) is 6.12. The van der Waals surface area contributed by atoms with E-state index in [-0.39, 0.29) is 17.6 Å². The first-order chi connectivity index (χ1) is 16.5. The molecule has 1 aliphatic carbocycles. The number of benzene rings is 1. The Balaban J connectivity index is 1.51. The SMILES string of the molecule is C=CCn1c(SCC(=O)Nc2sc3c(c2C(=O)OCC)CCCC3)nnc1-c1ccccc1C. The minimum Gasteiger partial charge on any atom is -0.462 e. The van der Waals surface area contributed by atoms with Crippen LogP contribution in [-0.4, -0.2) is 39.0 Å². The maximum atomic E-state index is 12.9. The van der Waals surface area contributed by atoms with E-state index < -0.39 is 0 Å². The highest BCUT2D eigenvalue weighted by atomic mass is 32.2. The zero-order chi connectivity index (χ0) is 24.1. The Kier molecular flexibility index (Phi) is 7.84. The highest BCUT2D eigenvalue weighted by Crippen LogP contribution is 2.38. The van der Waals surface area contributed by atoms with E-state index in [2.05, 4.69) is 22.1 Å². The van der Waals surface area contributed by atoms with E-state index in [1.807, 2.05) is 35.8 Å². The van der Waals surface area contributed by atoms with Gasteiger partial charge in [-0.3, -0.25) is 9.36 Å². The molecular formula is C25H28N4O3S2. The molecule has 2 heterocycles. The second kappa shape index (κ2) is 11.0. The number of thiophene rings is 1. The summed E-state index contributed by atoms with van der Waals surface area (Å²) in [5.41, 5.74) is 3.65. The molecule has 0 bridgehead atoms. The fraction of sp³-hybridized carbons (Fsp3) is 0.360. The fourth-order valence-electron chi connectivity index (χ4n) is 4.08. The maximum absolute atomic E-state index is 12.9. The number of carbonyl (C=O) groups excluding carboxylic acids is 2. The van der Waals surface area contributed by atoms with E-state index in [9.17, 15) is 9.59 Å². The normalized spacial score (nSPS) is 12.8. The lowest BCUT2D eigenvalue weighted by atomic mass is 9.95. The molecule has 0 unspecified atom stereocenters. The molecule has 0 atom stereocenters. The van der Waals surface area contributed by atoms with Crippen molar-refractivity contribution in [3.8, 4) is 11.4 Å². The summed E-state index contributed by atoms with van der Waals surface area (Å²) in [5, 5.41) is 12.9. The first-order valence-corrected chi connectivity index (χ1v) is 13.2. The molecule has 0 saturated heterocycles. The van der Waals surface area contributed by atoms with Crippen molar-refractivity contribution in [1.82, 2.24) is 14.8 Å². The quantitative estimate of drug-likeness (QED) is 0.246. The summed E-state index contributed by atoms with van der Waals surface area (Å²) in [7, 11) is 0. The summed E-state index contributed by atoms with van der Waals surface area (Å²) in [6, 6.07) is 8.00. The minimum atomic E-state index is -0.363. The highest BCUT2D eigenvalue weighted by molar-refractivity contribution is 7.99. The van der Waals surface area contributed by atoms with Crippen molar-refractivity contribution in [2.24, 2.45) is 0 Å². The Hall–Kier alpha value is -2.91. The van der Waals surface area contributed by atoms with Gasteiger partial charge in [0.05, 0.1) is 17.9 Å². The molecule has 0 spiro atoms. The molecule has 178 valence electrons. The number of aryl methyl sites for hydroxylation is 2. The van der Waals surface area contributed by atoms with E-state index in [0.717, 1.165) is 48.2 Å². The average molecular weight is 497 g/mol. The van der Waals surface area contributed by atoms with Crippen molar-refractivity contribution >= 4 is 40.0 Å². The minimum absolute atomic E-state index is 0.147. The van der Waals surface area contributed by atoms with Crippen molar-refractivity contribution < 1.29 is 14.3 Å². The van der Waals surface area contributed by atoms with Crippen LogP contribution < -0.4 is 5.32 Å². The molecule has 7 nitrogen and oxygen atoms in total. The van der Waals surface area contributed by atoms with Gasteiger partial charge in [0.25, 0.3) is 0 Å². The second-order valence-corrected chi connectivity index (χ2v) is 10.0. The van der Waals surface area contributed by atoms with Gasteiger partial charge in [0, 0.05) is 17.0 Å². The smallest absolute Gasteiger partial charge is 0.341 e. The number of carbonyl (C=O) groups is 2. The summed E-state index contributed by atoms with van der Waals surface area (Å²) in [6.07, 6.45) is 5.71. The predicted octanol–water partition coefficient (Wildman–Crippen LogP) is 5.29. The number of hydrogen-bond acceptors (Lipinski definition) is 7. The van der Waals surface area contributed by atoms with E-state index >= 15 is 0 Å². The molecule has 3 aromatic rings. The zero-order valence-corrected chi connectivity index (χ0v) is 21.1. The molecule has 34 heavy (non-hydrogen) atoms. The van der Waals surface area contributed by atoms with Crippen LogP contribution in [0.3, 0.4) is 0 Å². The lowest BCUT2D eigenvalue weighted by molar-refractivity contribution is -0.113. The van der Waals surface area contributed by atoms with Gasteiger partial charge >= 0.3 is 5.97 Å². The molecule has 0 aliphatic heterocycles. The molecule has 4 rings (SSSR count). The molecule has 1 amide bonds. The number of esters is 1. The van der Waals surface area contributed by atoms with Crippen LogP contribution in [-0.2, 0) is 28.9 Å². The third-order valence-corrected chi connectivity index (χ3v) is 7.82. The first-order valence-electron chi connectivity index (χ1n) is 11.4. The summed E-state index contributed by atoms with van der Waals surface area (Å²) in [5.74, 6) is 0.336. The number of ether oxygens (including phenoxy) is 1. The van der Waals surface area contributed by atoms with Crippen molar-refractivity contribution in [1.29, 1.82) is 0 Å². The van der Waals surface area contributed by atoms with Crippen molar-refractivity contribution in [3.05, 3.63) is 58.5 Å². The Morgan fingerprint density at radius 1 is 1.26 bits per heavy atom. The van der Waals surface area contributed by atoms with E-state index in [1.54, 1.807) is 13.0 Å². The monoisotopic (exact) mass is 496 g/mol. The molecule has 2 aromatic heterocycles. The van der Waals surface area contributed by atoms with Gasteiger partial charge in [0.15, 0.2) is 11.0 Å². The van der Waals surface area contributed by atoms with Crippen LogP contribution in [0.5, 0.6) is 0 Å². The lowest BCUT2D eigenvalue weighted by Crippen LogP contribution is -2.17. The number of hydrogen-bond donors (Lipinski definition) is 1. The van der Waals surface area contributed by atoms with Crippen LogP contribution in [0.4, 0.5) is 5.00 Å². The Labute approximate surface area is 207 Å². The van der Waals surface area contributed by atoms with E-state index in [4.69, 9.17) is 4.74 Å². The van der Waals surface area contributed by atoms with Crippen LogP contribution in [0.1, 0.15) is 46.1 Å². The number of aromatic nitrogens is 3. The maximum Gasteiger partial charge on any atom is 0.341 e. The zero-order valence-electron chi connectivity index (χ0n) is 19.4. The molecule has 1 aliphatic rings. The molecule has 0 saturated carbocycles. The summed E-state index contributed by atoms with van der Waals surface area (Å²) in [6.45, 7) is 8.50. The number of allylic oxidation sites excluding steroid dienone is 1. The number of amides is 1. The topological polar surface area (TPSA) is 86.1 Å². The molecule has 1 N–H and O–H groups in total. The third kappa shape index (κ3) is 5.10. The van der Waals surface area contributed by atoms with Crippen LogP contribution in [0.2, 0.25) is 0 Å². The van der Waals surface area contributed by atoms with Gasteiger partial charge in [-0.25, -0.2) is 4.79 Å². The number of nitrogens with one attached hydrogen (secondary N) is 1. The number of nitrogens with zero attached hydrogens (tertiary/aromatic N) is 3. The number of rotatable bonds is 9. The number of fused-ring (bicyclic) bond motifs is 1. The standard InChI is InChI=1S/C25H28N4O3S2/c1-4-14-29-22(17-11-7-6-10-16(17)3)27-28-25(29)33-15-20(30)26-23-21(24(31)32-5-2)18-12-8-9-13-19(18)34-23/h4,6-7,10-11H,1,5,8-9,12-15H2,2-3H3,(H,26,30). The summed E-state index contributed by atoms with van der Waals surface area (Å²) >= 11 is 2.80. The van der Waals surface area contributed by atoms with Crippen molar-refractivity contribution in [2.45, 2.75) is 51.2 Å². The largest absolute Gasteiger partial charge is 0.462 e. The van der Waals surface area contributed by atoms with Gasteiger partial charge in [-0.2, -0.15) is 0 Å². The van der Waals surface area contributed by atoms with Gasteiger partial charge < -0.3 is 10.1 Å². The Morgan fingerprint density at radius 3 is 2.82 bits per heavy atom. The van der Waals surface area contributed by atoms with Crippen LogP contribution in [0.15, 0.2) is 42.1 Å². The molecule has 0 fully saturated rings. The molecular weight excluding hydrogens is 468 g/mol.